The van der Waals surface area contributed by atoms with Crippen molar-refractivity contribution in [1.82, 2.24) is 5.32 Å². The molecule has 1 unspecified atom stereocenters. The van der Waals surface area contributed by atoms with Gasteiger partial charge in [0.15, 0.2) is 0 Å². The fraction of sp³-hybridized carbons (Fsp3) is 0.857. The molecule has 1 aliphatic rings. The van der Waals surface area contributed by atoms with Crippen molar-refractivity contribution >= 4 is 5.97 Å². The number of methoxy groups -OCH3 is 1. The highest BCUT2D eigenvalue weighted by molar-refractivity contribution is 5.79. The topological polar surface area (TPSA) is 58.6 Å². The monoisotopic (exact) mass is 159 g/mol. The molecule has 1 fully saturated rings. The van der Waals surface area contributed by atoms with Crippen molar-refractivity contribution in [3.63, 3.8) is 0 Å². The molecule has 0 aromatic heterocycles. The van der Waals surface area contributed by atoms with E-state index in [1.807, 2.05) is 6.92 Å². The van der Waals surface area contributed by atoms with Crippen LogP contribution in [0.3, 0.4) is 0 Å². The zero-order valence-electron chi connectivity index (χ0n) is 6.76. The molecule has 0 spiro atoms. The standard InChI is InChI=1S/C7H13NO3/c1-5-3-4-8-7(5,10)6(9)11-2/h5,8,10H,3-4H2,1-2H3/t5?,7-/m1/s1. The van der Waals surface area contributed by atoms with Crippen LogP contribution in [0.1, 0.15) is 13.3 Å². The first-order valence-corrected chi connectivity index (χ1v) is 3.67. The van der Waals surface area contributed by atoms with Crippen LogP contribution >= 0.6 is 0 Å². The van der Waals surface area contributed by atoms with Gasteiger partial charge in [-0.15, -0.1) is 0 Å². The van der Waals surface area contributed by atoms with Gasteiger partial charge in [-0.05, 0) is 13.0 Å². The number of hydrogen-bond acceptors (Lipinski definition) is 4. The van der Waals surface area contributed by atoms with Crippen LogP contribution in [0.15, 0.2) is 0 Å². The largest absolute Gasteiger partial charge is 0.466 e. The lowest BCUT2D eigenvalue weighted by molar-refractivity contribution is -0.168. The van der Waals surface area contributed by atoms with E-state index in [1.54, 1.807) is 0 Å². The van der Waals surface area contributed by atoms with Gasteiger partial charge in [0.1, 0.15) is 0 Å². The van der Waals surface area contributed by atoms with E-state index in [0.29, 0.717) is 6.54 Å². The van der Waals surface area contributed by atoms with Crippen molar-refractivity contribution in [2.45, 2.75) is 19.1 Å². The molecule has 0 amide bonds. The van der Waals surface area contributed by atoms with E-state index in [2.05, 4.69) is 10.1 Å². The van der Waals surface area contributed by atoms with Gasteiger partial charge in [-0.25, -0.2) is 4.79 Å². The zero-order chi connectivity index (χ0) is 8.48. The number of esters is 1. The SMILES string of the molecule is COC(=O)[C@@]1(O)NCCC1C. The average molecular weight is 159 g/mol. The van der Waals surface area contributed by atoms with Crippen molar-refractivity contribution in [1.29, 1.82) is 0 Å². The molecule has 1 heterocycles. The van der Waals surface area contributed by atoms with Gasteiger partial charge in [0.05, 0.1) is 7.11 Å². The highest BCUT2D eigenvalue weighted by Gasteiger charge is 2.45. The van der Waals surface area contributed by atoms with E-state index in [-0.39, 0.29) is 5.92 Å². The predicted molar refractivity (Wildman–Crippen MR) is 38.7 cm³/mol. The Kier molecular flexibility index (Phi) is 2.15. The molecule has 4 nitrogen and oxygen atoms in total. The van der Waals surface area contributed by atoms with E-state index >= 15 is 0 Å². The zero-order valence-corrected chi connectivity index (χ0v) is 6.76. The Bertz CT molecular complexity index is 171. The van der Waals surface area contributed by atoms with Crippen molar-refractivity contribution in [3.8, 4) is 0 Å². The summed E-state index contributed by atoms with van der Waals surface area (Å²) in [6.45, 7) is 2.48. The summed E-state index contributed by atoms with van der Waals surface area (Å²) >= 11 is 0. The van der Waals surface area contributed by atoms with E-state index < -0.39 is 11.7 Å². The Labute approximate surface area is 65.5 Å². The Morgan fingerprint density at radius 1 is 1.82 bits per heavy atom. The second-order valence-corrected chi connectivity index (χ2v) is 2.87. The van der Waals surface area contributed by atoms with Gasteiger partial charge in [0, 0.05) is 5.92 Å². The smallest absolute Gasteiger partial charge is 0.353 e. The van der Waals surface area contributed by atoms with Crippen molar-refractivity contribution < 1.29 is 14.6 Å². The van der Waals surface area contributed by atoms with Crippen LogP contribution in [0.5, 0.6) is 0 Å². The van der Waals surface area contributed by atoms with E-state index in [9.17, 15) is 9.90 Å². The third-order valence-corrected chi connectivity index (χ3v) is 2.18. The van der Waals surface area contributed by atoms with Crippen LogP contribution in [0.2, 0.25) is 0 Å². The molecule has 4 heteroatoms. The first-order chi connectivity index (χ1) is 5.11. The third-order valence-electron chi connectivity index (χ3n) is 2.18. The molecule has 1 aliphatic heterocycles. The summed E-state index contributed by atoms with van der Waals surface area (Å²) in [4.78, 5) is 11.0. The van der Waals surface area contributed by atoms with E-state index in [1.165, 1.54) is 7.11 Å². The third kappa shape index (κ3) is 1.23. The maximum atomic E-state index is 11.0. The summed E-state index contributed by atoms with van der Waals surface area (Å²) < 4.78 is 4.46. The van der Waals surface area contributed by atoms with Crippen LogP contribution in [-0.2, 0) is 9.53 Å². The summed E-state index contributed by atoms with van der Waals surface area (Å²) in [5.74, 6) is -0.669. The molecule has 11 heavy (non-hydrogen) atoms. The molecular weight excluding hydrogens is 146 g/mol. The summed E-state index contributed by atoms with van der Waals surface area (Å²) in [7, 11) is 1.27. The second kappa shape index (κ2) is 2.79. The van der Waals surface area contributed by atoms with Crippen LogP contribution in [-0.4, -0.2) is 30.5 Å². The minimum atomic E-state index is -1.45. The van der Waals surface area contributed by atoms with Crippen molar-refractivity contribution in [2.75, 3.05) is 13.7 Å². The lowest BCUT2D eigenvalue weighted by atomic mass is 10.00. The van der Waals surface area contributed by atoms with E-state index in [4.69, 9.17) is 0 Å². The number of aliphatic hydroxyl groups is 1. The van der Waals surface area contributed by atoms with Gasteiger partial charge in [-0.1, -0.05) is 6.92 Å². The Balaban J connectivity index is 2.72. The number of carbonyl (C=O) groups is 1. The molecule has 0 aromatic carbocycles. The minimum absolute atomic E-state index is 0.0741. The predicted octanol–water partition coefficient (Wildman–Crippen LogP) is -0.523. The number of rotatable bonds is 1. The normalized spacial score (nSPS) is 37.2. The molecule has 0 bridgehead atoms. The first kappa shape index (κ1) is 8.49. The van der Waals surface area contributed by atoms with Crippen molar-refractivity contribution in [3.05, 3.63) is 0 Å². The molecule has 0 radical (unpaired) electrons. The quantitative estimate of drug-likeness (QED) is 0.505. The van der Waals surface area contributed by atoms with Crippen LogP contribution in [0.4, 0.5) is 0 Å². The molecule has 2 atom stereocenters. The van der Waals surface area contributed by atoms with Crippen LogP contribution in [0.25, 0.3) is 0 Å². The second-order valence-electron chi connectivity index (χ2n) is 2.87. The number of nitrogens with one attached hydrogen (secondary N) is 1. The fourth-order valence-electron chi connectivity index (χ4n) is 1.29. The maximum Gasteiger partial charge on any atom is 0.353 e. The summed E-state index contributed by atoms with van der Waals surface area (Å²) in [6.07, 6.45) is 0.797. The first-order valence-electron chi connectivity index (χ1n) is 3.67. The molecule has 64 valence electrons. The number of hydrogen-bond donors (Lipinski definition) is 2. The lowest BCUT2D eigenvalue weighted by Crippen LogP contribution is -2.52. The van der Waals surface area contributed by atoms with Crippen LogP contribution < -0.4 is 5.32 Å². The molecule has 2 N–H and O–H groups in total. The number of ether oxygens (including phenoxy) is 1. The summed E-state index contributed by atoms with van der Waals surface area (Å²) in [5.41, 5.74) is -1.45. The van der Waals surface area contributed by atoms with Gasteiger partial charge in [0.25, 0.3) is 0 Å². The lowest BCUT2D eigenvalue weighted by Gasteiger charge is -2.23. The Morgan fingerprint density at radius 2 is 2.45 bits per heavy atom. The maximum absolute atomic E-state index is 11.0. The Morgan fingerprint density at radius 3 is 2.82 bits per heavy atom. The van der Waals surface area contributed by atoms with Gasteiger partial charge >= 0.3 is 5.97 Å². The summed E-state index contributed by atoms with van der Waals surface area (Å²) in [6, 6.07) is 0. The molecule has 0 aliphatic carbocycles. The van der Waals surface area contributed by atoms with Gasteiger partial charge in [-0.2, -0.15) is 0 Å². The van der Waals surface area contributed by atoms with Crippen molar-refractivity contribution in [2.24, 2.45) is 5.92 Å². The van der Waals surface area contributed by atoms with Gasteiger partial charge < -0.3 is 9.84 Å². The molecular formula is C7H13NO3. The Hall–Kier alpha value is -0.610. The highest BCUT2D eigenvalue weighted by atomic mass is 16.5. The van der Waals surface area contributed by atoms with Gasteiger partial charge in [0.2, 0.25) is 5.72 Å². The van der Waals surface area contributed by atoms with E-state index in [0.717, 1.165) is 6.42 Å². The van der Waals surface area contributed by atoms with Gasteiger partial charge in [-0.3, -0.25) is 5.32 Å². The van der Waals surface area contributed by atoms with Crippen LogP contribution in [0, 0.1) is 5.92 Å². The molecule has 1 saturated heterocycles. The molecule has 0 aromatic rings. The summed E-state index contributed by atoms with van der Waals surface area (Å²) in [5, 5.41) is 12.4. The molecule has 0 saturated carbocycles. The average Bonchev–Trinajstić information content (AvgIpc) is 2.32. The molecule has 1 rings (SSSR count). The number of carbonyl (C=O) groups excluding carboxylic acids is 1. The fourth-order valence-corrected chi connectivity index (χ4v) is 1.29. The highest BCUT2D eigenvalue weighted by Crippen LogP contribution is 2.24. The minimum Gasteiger partial charge on any atom is -0.466 e.